The van der Waals surface area contributed by atoms with Gasteiger partial charge in [0.05, 0.1) is 13.3 Å². The summed E-state index contributed by atoms with van der Waals surface area (Å²) >= 11 is 0. The molecule has 2 N–H and O–H groups in total. The summed E-state index contributed by atoms with van der Waals surface area (Å²) in [6, 6.07) is 14.9. The minimum Gasteiger partial charge on any atom is -0.497 e. The fourth-order valence-electron chi connectivity index (χ4n) is 2.85. The zero-order valence-electron chi connectivity index (χ0n) is 17.5. The van der Waals surface area contributed by atoms with E-state index in [0.717, 1.165) is 23.3 Å². The molecule has 1 heterocycles. The van der Waals surface area contributed by atoms with Crippen LogP contribution in [-0.4, -0.2) is 30.5 Å². The number of rotatable bonds is 9. The Kier molecular flexibility index (Phi) is 7.64. The van der Waals surface area contributed by atoms with Gasteiger partial charge < -0.3 is 13.9 Å². The van der Waals surface area contributed by atoms with Gasteiger partial charge in [-0.1, -0.05) is 25.1 Å². The maximum Gasteiger partial charge on any atom is 0.276 e. The molecule has 0 aliphatic carbocycles. The first-order chi connectivity index (χ1) is 15.1. The molecule has 3 aromatic rings. The molecule has 2 amide bonds. The van der Waals surface area contributed by atoms with Crippen molar-refractivity contribution >= 4 is 11.8 Å². The van der Waals surface area contributed by atoms with Gasteiger partial charge >= 0.3 is 0 Å². The first-order valence-electron chi connectivity index (χ1n) is 9.96. The molecular formula is C23H25N3O5. The molecule has 0 fully saturated rings. The molecule has 0 unspecified atom stereocenters. The number of carbonyl (C=O) groups is 2. The minimum atomic E-state index is -0.447. The topological polar surface area (TPSA) is 103 Å². The summed E-state index contributed by atoms with van der Waals surface area (Å²) in [6.45, 7) is 1.82. The maximum absolute atomic E-state index is 12.0. The van der Waals surface area contributed by atoms with Crippen LogP contribution in [0.25, 0.3) is 11.3 Å². The Balaban J connectivity index is 1.40. The Morgan fingerprint density at radius 3 is 2.52 bits per heavy atom. The predicted octanol–water partition coefficient (Wildman–Crippen LogP) is 3.07. The Morgan fingerprint density at radius 1 is 1.03 bits per heavy atom. The van der Waals surface area contributed by atoms with E-state index in [1.54, 1.807) is 19.4 Å². The number of benzene rings is 2. The Morgan fingerprint density at radius 2 is 1.77 bits per heavy atom. The lowest BCUT2D eigenvalue weighted by Crippen LogP contribution is -2.43. The summed E-state index contributed by atoms with van der Waals surface area (Å²) in [6.07, 6.45) is 2.83. The second kappa shape index (κ2) is 10.8. The first-order valence-corrected chi connectivity index (χ1v) is 9.96. The molecule has 0 aliphatic rings. The molecule has 0 aliphatic heterocycles. The lowest BCUT2D eigenvalue weighted by molar-refractivity contribution is -0.130. The van der Waals surface area contributed by atoms with E-state index in [-0.39, 0.29) is 18.9 Å². The summed E-state index contributed by atoms with van der Waals surface area (Å²) in [5.41, 5.74) is 6.58. The number of hydrogen-bond donors (Lipinski definition) is 2. The monoisotopic (exact) mass is 423 g/mol. The number of carbonyl (C=O) groups excluding carboxylic acids is 2. The van der Waals surface area contributed by atoms with Gasteiger partial charge in [-0.05, 0) is 42.3 Å². The Bertz CT molecular complexity index is 1010. The van der Waals surface area contributed by atoms with Gasteiger partial charge in [-0.25, -0.2) is 4.98 Å². The third kappa shape index (κ3) is 6.33. The highest BCUT2D eigenvalue weighted by atomic mass is 16.5. The average molecular weight is 423 g/mol. The van der Waals surface area contributed by atoms with Gasteiger partial charge in [0.15, 0.2) is 18.3 Å². The van der Waals surface area contributed by atoms with Crippen LogP contribution in [0.5, 0.6) is 11.5 Å². The number of aryl methyl sites for hydroxylation is 2. The number of hydrogen-bond acceptors (Lipinski definition) is 6. The summed E-state index contributed by atoms with van der Waals surface area (Å²) in [5, 5.41) is 0. The van der Waals surface area contributed by atoms with Crippen LogP contribution in [0, 0.1) is 0 Å². The van der Waals surface area contributed by atoms with Crippen molar-refractivity contribution in [3.63, 3.8) is 0 Å². The second-order valence-corrected chi connectivity index (χ2v) is 6.69. The normalized spacial score (nSPS) is 10.4. The number of ether oxygens (including phenoxy) is 2. The lowest BCUT2D eigenvalue weighted by atomic mass is 10.1. The largest absolute Gasteiger partial charge is 0.497 e. The average Bonchev–Trinajstić information content (AvgIpc) is 3.29. The number of methoxy groups -OCH3 is 1. The second-order valence-electron chi connectivity index (χ2n) is 6.69. The van der Waals surface area contributed by atoms with Gasteiger partial charge in [0.1, 0.15) is 11.5 Å². The molecule has 162 valence electrons. The molecule has 1 aromatic heterocycles. The Labute approximate surface area is 180 Å². The Hall–Kier alpha value is -3.81. The molecule has 8 nitrogen and oxygen atoms in total. The van der Waals surface area contributed by atoms with Crippen molar-refractivity contribution < 1.29 is 23.5 Å². The van der Waals surface area contributed by atoms with Crippen LogP contribution < -0.4 is 20.3 Å². The minimum absolute atomic E-state index is 0.113. The maximum atomic E-state index is 12.0. The molecule has 0 saturated heterocycles. The summed E-state index contributed by atoms with van der Waals surface area (Å²) in [5.74, 6) is 1.65. The molecule has 2 aromatic carbocycles. The SMILES string of the molecule is CCc1ccccc1OCC(=O)NNC(=O)CCc1ncc(-c2ccc(OC)cc2)o1. The molecule has 0 radical (unpaired) electrons. The number of amides is 2. The highest BCUT2D eigenvalue weighted by Gasteiger charge is 2.11. The fraction of sp³-hybridized carbons (Fsp3) is 0.261. The number of aromatic nitrogens is 1. The third-order valence-corrected chi connectivity index (χ3v) is 4.55. The van der Waals surface area contributed by atoms with E-state index in [0.29, 0.717) is 23.8 Å². The third-order valence-electron chi connectivity index (χ3n) is 4.55. The van der Waals surface area contributed by atoms with Crippen LogP contribution in [0.15, 0.2) is 59.1 Å². The van der Waals surface area contributed by atoms with E-state index in [1.165, 1.54) is 0 Å². The van der Waals surface area contributed by atoms with Crippen LogP contribution >= 0.6 is 0 Å². The standard InChI is InChI=1S/C23H25N3O5/c1-3-16-6-4-5-7-19(16)30-15-22(28)26-25-21(27)12-13-23-24-14-20(31-23)17-8-10-18(29-2)11-9-17/h4-11,14H,3,12-13,15H2,1-2H3,(H,25,27)(H,26,28). The first kappa shape index (κ1) is 21.9. The van der Waals surface area contributed by atoms with Crippen molar-refractivity contribution in [2.24, 2.45) is 0 Å². The van der Waals surface area contributed by atoms with E-state index in [4.69, 9.17) is 13.9 Å². The highest BCUT2D eigenvalue weighted by molar-refractivity contribution is 5.82. The van der Waals surface area contributed by atoms with E-state index < -0.39 is 5.91 Å². The van der Waals surface area contributed by atoms with E-state index in [1.807, 2.05) is 49.4 Å². The van der Waals surface area contributed by atoms with Crippen LogP contribution in [0.2, 0.25) is 0 Å². The summed E-state index contributed by atoms with van der Waals surface area (Å²) < 4.78 is 16.3. The number of hydrazine groups is 1. The van der Waals surface area contributed by atoms with Crippen LogP contribution in [0.1, 0.15) is 24.8 Å². The molecule has 3 rings (SSSR count). The van der Waals surface area contributed by atoms with E-state index in [2.05, 4.69) is 15.8 Å². The van der Waals surface area contributed by atoms with Crippen molar-refractivity contribution in [3.05, 3.63) is 66.2 Å². The van der Waals surface area contributed by atoms with Crippen molar-refractivity contribution in [1.29, 1.82) is 0 Å². The van der Waals surface area contributed by atoms with Crippen molar-refractivity contribution in [2.75, 3.05) is 13.7 Å². The molecule has 0 atom stereocenters. The molecule has 0 spiro atoms. The number of nitrogens with one attached hydrogen (secondary N) is 2. The van der Waals surface area contributed by atoms with Gasteiger partial charge in [0.25, 0.3) is 5.91 Å². The summed E-state index contributed by atoms with van der Waals surface area (Å²) in [7, 11) is 1.60. The highest BCUT2D eigenvalue weighted by Crippen LogP contribution is 2.23. The molecular weight excluding hydrogens is 398 g/mol. The number of oxazole rings is 1. The van der Waals surface area contributed by atoms with Crippen LogP contribution in [-0.2, 0) is 22.4 Å². The molecule has 31 heavy (non-hydrogen) atoms. The van der Waals surface area contributed by atoms with Gasteiger partial charge in [-0.3, -0.25) is 20.4 Å². The van der Waals surface area contributed by atoms with E-state index in [9.17, 15) is 9.59 Å². The zero-order valence-corrected chi connectivity index (χ0v) is 17.5. The van der Waals surface area contributed by atoms with E-state index >= 15 is 0 Å². The van der Waals surface area contributed by atoms with Crippen LogP contribution in [0.4, 0.5) is 0 Å². The van der Waals surface area contributed by atoms with Gasteiger partial charge in [0.2, 0.25) is 5.91 Å². The van der Waals surface area contributed by atoms with Crippen molar-refractivity contribution in [1.82, 2.24) is 15.8 Å². The zero-order chi connectivity index (χ0) is 22.1. The summed E-state index contributed by atoms with van der Waals surface area (Å²) in [4.78, 5) is 28.1. The predicted molar refractivity (Wildman–Crippen MR) is 114 cm³/mol. The van der Waals surface area contributed by atoms with Crippen LogP contribution in [0.3, 0.4) is 0 Å². The molecule has 0 saturated carbocycles. The molecule has 8 heteroatoms. The van der Waals surface area contributed by atoms with Gasteiger partial charge in [-0.2, -0.15) is 0 Å². The van der Waals surface area contributed by atoms with Gasteiger partial charge in [-0.15, -0.1) is 0 Å². The van der Waals surface area contributed by atoms with Crippen molar-refractivity contribution in [3.8, 4) is 22.8 Å². The fourth-order valence-corrected chi connectivity index (χ4v) is 2.85. The quantitative estimate of drug-likeness (QED) is 0.513. The lowest BCUT2D eigenvalue weighted by Gasteiger charge is -2.11. The van der Waals surface area contributed by atoms with Gasteiger partial charge in [0, 0.05) is 18.4 Å². The molecule has 0 bridgehead atoms. The number of para-hydroxylation sites is 1. The van der Waals surface area contributed by atoms with Crippen molar-refractivity contribution in [2.45, 2.75) is 26.2 Å². The number of nitrogens with zero attached hydrogens (tertiary/aromatic N) is 1. The smallest absolute Gasteiger partial charge is 0.276 e.